The van der Waals surface area contributed by atoms with Crippen LogP contribution in [0.25, 0.3) is 0 Å². The average Bonchev–Trinajstić information content (AvgIpc) is 3.01. The average molecular weight is 247 g/mol. The lowest BCUT2D eigenvalue weighted by molar-refractivity contribution is -0.853. The molecule has 2 aliphatic heterocycles. The topological polar surface area (TPSA) is 46.0 Å². The van der Waals surface area contributed by atoms with Crippen LogP contribution in [-0.2, 0) is 15.0 Å². The zero-order valence-corrected chi connectivity index (χ0v) is 10.4. The zero-order chi connectivity index (χ0) is 12.6. The predicted molar refractivity (Wildman–Crippen MR) is 66.5 cm³/mol. The van der Waals surface area contributed by atoms with E-state index in [2.05, 4.69) is 0 Å². The summed E-state index contributed by atoms with van der Waals surface area (Å²) in [4.78, 5) is 0. The van der Waals surface area contributed by atoms with Gasteiger partial charge in [0.05, 0.1) is 19.4 Å². The highest BCUT2D eigenvalue weighted by molar-refractivity contribution is 5.34. The van der Waals surface area contributed by atoms with Crippen molar-refractivity contribution >= 4 is 0 Å². The number of quaternary nitrogens is 1. The molecule has 1 aromatic rings. The van der Waals surface area contributed by atoms with Crippen molar-refractivity contribution in [1.82, 2.24) is 0 Å². The Morgan fingerprint density at radius 2 is 2.00 bits per heavy atom. The molecule has 2 aliphatic rings. The maximum atomic E-state index is 12.1. The van der Waals surface area contributed by atoms with Gasteiger partial charge in [-0.25, -0.2) is 0 Å². The van der Waals surface area contributed by atoms with Gasteiger partial charge in [0, 0.05) is 17.5 Å². The molecule has 4 nitrogen and oxygen atoms in total. The second kappa shape index (κ2) is 4.48. The second-order valence-corrected chi connectivity index (χ2v) is 4.96. The van der Waals surface area contributed by atoms with Crippen molar-refractivity contribution in [3.8, 4) is 0 Å². The van der Waals surface area contributed by atoms with Crippen molar-refractivity contribution < 1.29 is 14.5 Å². The van der Waals surface area contributed by atoms with E-state index in [4.69, 9.17) is 9.47 Å². The Kier molecular flexibility index (Phi) is 2.95. The summed E-state index contributed by atoms with van der Waals surface area (Å²) in [5.74, 6) is 0. The number of rotatable bonds is 2. The normalized spacial score (nSPS) is 32.2. The number of hydroxylamine groups is 2. The summed E-state index contributed by atoms with van der Waals surface area (Å²) in [5.41, 5.74) is 1.53. The third kappa shape index (κ3) is 1.78. The van der Waals surface area contributed by atoms with Crippen LogP contribution in [0.3, 0.4) is 0 Å². The van der Waals surface area contributed by atoms with Crippen LogP contribution < -0.4 is 5.06 Å². The number of benzene rings is 1. The third-order valence-electron chi connectivity index (χ3n) is 3.77. The van der Waals surface area contributed by atoms with Gasteiger partial charge < -0.3 is 19.7 Å². The van der Waals surface area contributed by atoms with Crippen LogP contribution in [0.4, 0.5) is 0 Å². The molecule has 4 heteroatoms. The summed E-state index contributed by atoms with van der Waals surface area (Å²) in [6.45, 7) is 3.22. The van der Waals surface area contributed by atoms with Gasteiger partial charge in [-0.05, 0) is 13.0 Å². The van der Waals surface area contributed by atoms with Gasteiger partial charge in [-0.2, -0.15) is 0 Å². The molecule has 0 aliphatic carbocycles. The third-order valence-corrected chi connectivity index (χ3v) is 3.77. The van der Waals surface area contributed by atoms with Gasteiger partial charge in [0.15, 0.2) is 6.29 Å². The molecule has 0 saturated carbocycles. The Labute approximate surface area is 106 Å². The summed E-state index contributed by atoms with van der Waals surface area (Å²) in [6, 6.07) is 7.91. The van der Waals surface area contributed by atoms with E-state index in [1.54, 1.807) is 6.20 Å². The molecule has 96 valence electrons. The van der Waals surface area contributed by atoms with Gasteiger partial charge in [0.2, 0.25) is 0 Å². The maximum Gasteiger partial charge on any atom is 0.184 e. The molecular formula is C14H17NO3. The van der Waals surface area contributed by atoms with E-state index in [0.29, 0.717) is 13.2 Å². The summed E-state index contributed by atoms with van der Waals surface area (Å²) >= 11 is 0. The summed E-state index contributed by atoms with van der Waals surface area (Å²) in [7, 11) is 0. The van der Waals surface area contributed by atoms with E-state index in [9.17, 15) is 5.21 Å². The first kappa shape index (κ1) is 11.9. The van der Waals surface area contributed by atoms with E-state index in [1.807, 2.05) is 37.3 Å². The molecule has 0 amide bonds. The van der Waals surface area contributed by atoms with Gasteiger partial charge in [0.25, 0.3) is 0 Å². The molecule has 18 heavy (non-hydrogen) atoms. The van der Waals surface area contributed by atoms with Crippen molar-refractivity contribution in [2.45, 2.75) is 25.2 Å². The molecular weight excluding hydrogens is 230 g/mol. The Bertz CT molecular complexity index is 468. The van der Waals surface area contributed by atoms with Crippen LogP contribution in [-0.4, -0.2) is 13.2 Å². The lowest BCUT2D eigenvalue weighted by atomic mass is 9.86. The highest BCUT2D eigenvalue weighted by Crippen LogP contribution is 2.34. The Balaban J connectivity index is 2.01. The van der Waals surface area contributed by atoms with Gasteiger partial charge in [0.1, 0.15) is 5.54 Å². The fourth-order valence-corrected chi connectivity index (χ4v) is 2.67. The van der Waals surface area contributed by atoms with Crippen LogP contribution in [0.5, 0.6) is 0 Å². The molecule has 0 radical (unpaired) electrons. The first-order chi connectivity index (χ1) is 8.72. The quantitative estimate of drug-likeness (QED) is 0.800. The fraction of sp³-hybridized carbons (Fsp3) is 0.429. The Hall–Kier alpha value is -1.20. The summed E-state index contributed by atoms with van der Waals surface area (Å²) in [5, 5.41) is 12.3. The van der Waals surface area contributed by atoms with E-state index in [0.717, 1.165) is 17.5 Å². The highest BCUT2D eigenvalue weighted by atomic mass is 16.7. The second-order valence-electron chi connectivity index (χ2n) is 4.96. The van der Waals surface area contributed by atoms with E-state index in [1.165, 1.54) is 0 Å². The van der Waals surface area contributed by atoms with Crippen LogP contribution in [0.2, 0.25) is 0 Å². The minimum atomic E-state index is -0.466. The lowest BCUT2D eigenvalue weighted by Crippen LogP contribution is -3.08. The van der Waals surface area contributed by atoms with Crippen LogP contribution in [0.1, 0.15) is 30.8 Å². The van der Waals surface area contributed by atoms with Gasteiger partial charge >= 0.3 is 0 Å². The molecule has 0 bridgehead atoms. The molecule has 2 unspecified atom stereocenters. The van der Waals surface area contributed by atoms with Crippen LogP contribution >= 0.6 is 0 Å². The van der Waals surface area contributed by atoms with Crippen LogP contribution in [0, 0.1) is 5.21 Å². The highest BCUT2D eigenvalue weighted by Gasteiger charge is 2.39. The molecule has 1 aromatic carbocycles. The molecule has 2 atom stereocenters. The van der Waals surface area contributed by atoms with E-state index in [-0.39, 0.29) is 11.4 Å². The van der Waals surface area contributed by atoms with Crippen LogP contribution in [0.15, 0.2) is 36.5 Å². The number of hydrogen-bond acceptors (Lipinski definition) is 3. The Morgan fingerprint density at radius 3 is 2.67 bits per heavy atom. The predicted octanol–water partition coefficient (Wildman–Crippen LogP) is 1.25. The number of ether oxygens (including phenoxy) is 2. The first-order valence-electron chi connectivity index (χ1n) is 6.25. The van der Waals surface area contributed by atoms with Crippen molar-refractivity contribution in [3.63, 3.8) is 0 Å². The van der Waals surface area contributed by atoms with Crippen molar-refractivity contribution in [3.05, 3.63) is 52.9 Å². The van der Waals surface area contributed by atoms with Crippen molar-refractivity contribution in [2.75, 3.05) is 13.2 Å². The largest absolute Gasteiger partial charge is 0.629 e. The standard InChI is InChI=1S/C14H17NO3/c1-14(7-4-8-15(14)16)12-6-3-2-5-11(12)13-17-9-10-18-13/h2-6,8,13,15H,7,9-10H2,1H3. The molecule has 0 aromatic heterocycles. The molecule has 3 rings (SSSR count). The summed E-state index contributed by atoms with van der Waals surface area (Å²) < 4.78 is 11.1. The monoisotopic (exact) mass is 247 g/mol. The van der Waals surface area contributed by atoms with Crippen molar-refractivity contribution in [2.24, 2.45) is 0 Å². The molecule has 1 fully saturated rings. The summed E-state index contributed by atoms with van der Waals surface area (Å²) in [6.07, 6.45) is 4.03. The van der Waals surface area contributed by atoms with Gasteiger partial charge in [-0.3, -0.25) is 0 Å². The van der Waals surface area contributed by atoms with Gasteiger partial charge in [-0.15, -0.1) is 0 Å². The van der Waals surface area contributed by atoms with Crippen molar-refractivity contribution in [1.29, 1.82) is 0 Å². The van der Waals surface area contributed by atoms with E-state index < -0.39 is 5.54 Å². The molecule has 0 spiro atoms. The molecule has 1 N–H and O–H groups in total. The number of nitrogens with one attached hydrogen (secondary N) is 1. The van der Waals surface area contributed by atoms with Gasteiger partial charge in [-0.1, -0.05) is 24.3 Å². The first-order valence-corrected chi connectivity index (χ1v) is 6.25. The maximum absolute atomic E-state index is 12.1. The fourth-order valence-electron chi connectivity index (χ4n) is 2.67. The zero-order valence-electron chi connectivity index (χ0n) is 10.4. The van der Waals surface area contributed by atoms with E-state index >= 15 is 0 Å². The molecule has 1 saturated heterocycles. The smallest absolute Gasteiger partial charge is 0.184 e. The lowest BCUT2D eigenvalue weighted by Gasteiger charge is -2.36. The SMILES string of the molecule is CC1(c2ccccc2C2OCCO2)CC=C[NH+]1[O-]. The number of hydrogen-bond donors (Lipinski definition) is 1. The Morgan fingerprint density at radius 1 is 1.28 bits per heavy atom. The minimum absolute atomic E-state index is 0.160. The molecule has 2 heterocycles. The minimum Gasteiger partial charge on any atom is -0.629 e.